The van der Waals surface area contributed by atoms with Gasteiger partial charge in [0, 0.05) is 19.2 Å². The fourth-order valence-electron chi connectivity index (χ4n) is 1.56. The molecule has 0 fully saturated rings. The summed E-state index contributed by atoms with van der Waals surface area (Å²) < 4.78 is 5.22. The van der Waals surface area contributed by atoms with Gasteiger partial charge in [0.2, 0.25) is 0 Å². The zero-order valence-electron chi connectivity index (χ0n) is 8.14. The third-order valence-corrected chi connectivity index (χ3v) is 2.24. The van der Waals surface area contributed by atoms with Crippen LogP contribution in [0, 0.1) is 0 Å². The Balaban J connectivity index is 2.41. The van der Waals surface area contributed by atoms with Crippen molar-refractivity contribution in [2.24, 2.45) is 5.73 Å². The van der Waals surface area contributed by atoms with Gasteiger partial charge in [0.15, 0.2) is 6.61 Å². The van der Waals surface area contributed by atoms with Crippen molar-refractivity contribution < 1.29 is 14.6 Å². The van der Waals surface area contributed by atoms with Gasteiger partial charge in [0.25, 0.3) is 5.91 Å². The number of carbonyl (C=O) groups is 1. The topological polar surface area (TPSA) is 75.8 Å². The Bertz CT molecular complexity index is 392. The van der Waals surface area contributed by atoms with Crippen LogP contribution in [0.15, 0.2) is 18.2 Å². The first kappa shape index (κ1) is 9.79. The summed E-state index contributed by atoms with van der Waals surface area (Å²) in [6.07, 6.45) is 0. The molecule has 15 heavy (non-hydrogen) atoms. The number of fused-ring (bicyclic) bond motifs is 1. The van der Waals surface area contributed by atoms with Gasteiger partial charge in [-0.2, -0.15) is 0 Å². The Hall–Kier alpha value is -1.75. The van der Waals surface area contributed by atoms with Crippen molar-refractivity contribution in [1.29, 1.82) is 0 Å². The van der Waals surface area contributed by atoms with Gasteiger partial charge in [-0.1, -0.05) is 0 Å². The molecule has 1 aromatic carbocycles. The average molecular weight is 208 g/mol. The summed E-state index contributed by atoms with van der Waals surface area (Å²) in [5, 5.41) is 9.34. The molecule has 0 aliphatic carbocycles. The molecule has 1 aliphatic rings. The minimum atomic E-state index is -0.140. The quantitative estimate of drug-likeness (QED) is 0.721. The van der Waals surface area contributed by atoms with E-state index in [1.165, 1.54) is 17.0 Å². The minimum absolute atomic E-state index is 0.0256. The highest BCUT2D eigenvalue weighted by Gasteiger charge is 2.24. The van der Waals surface area contributed by atoms with Crippen LogP contribution in [-0.4, -0.2) is 30.7 Å². The number of phenols is 1. The fourth-order valence-corrected chi connectivity index (χ4v) is 1.56. The number of rotatable bonds is 2. The van der Waals surface area contributed by atoms with Crippen molar-refractivity contribution >= 4 is 11.6 Å². The van der Waals surface area contributed by atoms with Gasteiger partial charge in [-0.05, 0) is 12.1 Å². The minimum Gasteiger partial charge on any atom is -0.508 e. The lowest BCUT2D eigenvalue weighted by Gasteiger charge is -2.28. The summed E-state index contributed by atoms with van der Waals surface area (Å²) in [5.41, 5.74) is 6.00. The fraction of sp³-hybridized carbons (Fsp3) is 0.300. The number of nitrogens with two attached hydrogens (primary N) is 1. The van der Waals surface area contributed by atoms with Gasteiger partial charge >= 0.3 is 0 Å². The molecule has 1 amide bonds. The van der Waals surface area contributed by atoms with E-state index in [4.69, 9.17) is 10.5 Å². The molecule has 0 radical (unpaired) electrons. The summed E-state index contributed by atoms with van der Waals surface area (Å²) in [6.45, 7) is 0.831. The number of carbonyl (C=O) groups excluding carboxylic acids is 1. The highest BCUT2D eigenvalue weighted by molar-refractivity contribution is 5.98. The van der Waals surface area contributed by atoms with Crippen molar-refractivity contribution in [1.82, 2.24) is 0 Å². The largest absolute Gasteiger partial charge is 0.508 e. The van der Waals surface area contributed by atoms with Crippen molar-refractivity contribution in [3.05, 3.63) is 18.2 Å². The first-order valence-electron chi connectivity index (χ1n) is 4.68. The molecule has 80 valence electrons. The van der Waals surface area contributed by atoms with Gasteiger partial charge in [-0.3, -0.25) is 4.79 Å². The Kier molecular flexibility index (Phi) is 2.47. The van der Waals surface area contributed by atoms with Crippen LogP contribution in [0.1, 0.15) is 0 Å². The van der Waals surface area contributed by atoms with E-state index in [-0.39, 0.29) is 18.3 Å². The van der Waals surface area contributed by atoms with Crippen LogP contribution in [-0.2, 0) is 4.79 Å². The van der Waals surface area contributed by atoms with E-state index in [0.717, 1.165) is 0 Å². The number of hydrogen-bond donors (Lipinski definition) is 2. The van der Waals surface area contributed by atoms with Gasteiger partial charge < -0.3 is 20.5 Å². The van der Waals surface area contributed by atoms with Crippen molar-refractivity contribution in [2.45, 2.75) is 0 Å². The Morgan fingerprint density at radius 3 is 3.07 bits per heavy atom. The van der Waals surface area contributed by atoms with E-state index in [9.17, 15) is 9.90 Å². The van der Waals surface area contributed by atoms with Gasteiger partial charge in [0.05, 0.1) is 5.69 Å². The molecule has 0 saturated heterocycles. The first-order valence-corrected chi connectivity index (χ1v) is 4.68. The maximum absolute atomic E-state index is 11.5. The molecule has 0 atom stereocenters. The molecule has 1 aromatic rings. The van der Waals surface area contributed by atoms with E-state index in [0.29, 0.717) is 24.5 Å². The van der Waals surface area contributed by atoms with E-state index < -0.39 is 0 Å². The number of anilines is 1. The highest BCUT2D eigenvalue weighted by atomic mass is 16.5. The predicted octanol–water partition coefficient (Wildman–Crippen LogP) is 0.0763. The monoisotopic (exact) mass is 208 g/mol. The number of nitrogens with zero attached hydrogens (tertiary/aromatic N) is 1. The Morgan fingerprint density at radius 1 is 1.53 bits per heavy atom. The lowest BCUT2D eigenvalue weighted by atomic mass is 10.2. The van der Waals surface area contributed by atoms with Crippen molar-refractivity contribution in [2.75, 3.05) is 24.6 Å². The number of ether oxygens (including phenoxy) is 1. The molecule has 2 rings (SSSR count). The molecule has 5 heteroatoms. The molecular weight excluding hydrogens is 196 g/mol. The summed E-state index contributed by atoms with van der Waals surface area (Å²) in [4.78, 5) is 13.0. The van der Waals surface area contributed by atoms with Crippen LogP contribution in [0.2, 0.25) is 0 Å². The molecule has 1 aliphatic heterocycles. The first-order chi connectivity index (χ1) is 7.22. The van der Waals surface area contributed by atoms with Gasteiger partial charge in [0.1, 0.15) is 11.5 Å². The molecule has 0 spiro atoms. The summed E-state index contributed by atoms with van der Waals surface area (Å²) in [6, 6.07) is 4.66. The van der Waals surface area contributed by atoms with Crippen LogP contribution in [0.4, 0.5) is 5.69 Å². The number of benzene rings is 1. The number of amides is 1. The van der Waals surface area contributed by atoms with Gasteiger partial charge in [-0.25, -0.2) is 0 Å². The highest BCUT2D eigenvalue weighted by Crippen LogP contribution is 2.34. The average Bonchev–Trinajstić information content (AvgIpc) is 2.23. The maximum atomic E-state index is 11.5. The lowest BCUT2D eigenvalue weighted by Crippen LogP contribution is -2.41. The molecular formula is C10H12N2O3. The standard InChI is InChI=1S/C10H12N2O3/c11-3-4-12-8-5-7(13)1-2-9(8)15-6-10(12)14/h1-2,5,13H,3-4,6,11H2. The molecule has 0 bridgehead atoms. The number of phenolic OH excluding ortho intramolecular Hbond substituents is 1. The van der Waals surface area contributed by atoms with Crippen LogP contribution >= 0.6 is 0 Å². The van der Waals surface area contributed by atoms with Crippen LogP contribution in [0.25, 0.3) is 0 Å². The number of hydrogen-bond acceptors (Lipinski definition) is 4. The SMILES string of the molecule is NCCN1C(=O)COc2ccc(O)cc21. The molecule has 0 saturated carbocycles. The maximum Gasteiger partial charge on any atom is 0.265 e. The summed E-state index contributed by atoms with van der Waals surface area (Å²) >= 11 is 0. The van der Waals surface area contributed by atoms with E-state index in [1.54, 1.807) is 6.07 Å². The molecule has 3 N–H and O–H groups in total. The van der Waals surface area contributed by atoms with Crippen molar-refractivity contribution in [3.8, 4) is 11.5 Å². The zero-order valence-corrected chi connectivity index (χ0v) is 8.14. The zero-order chi connectivity index (χ0) is 10.8. The summed E-state index contributed by atoms with van der Waals surface area (Å²) in [7, 11) is 0. The van der Waals surface area contributed by atoms with Crippen molar-refractivity contribution in [3.63, 3.8) is 0 Å². The summed E-state index contributed by atoms with van der Waals surface area (Å²) in [5.74, 6) is 0.563. The molecule has 1 heterocycles. The third-order valence-electron chi connectivity index (χ3n) is 2.24. The van der Waals surface area contributed by atoms with Crippen LogP contribution in [0.5, 0.6) is 11.5 Å². The second-order valence-corrected chi connectivity index (χ2v) is 3.27. The Labute approximate surface area is 87.1 Å². The number of aromatic hydroxyl groups is 1. The van der Waals surface area contributed by atoms with E-state index in [1.807, 2.05) is 0 Å². The smallest absolute Gasteiger partial charge is 0.265 e. The van der Waals surface area contributed by atoms with E-state index >= 15 is 0 Å². The lowest BCUT2D eigenvalue weighted by molar-refractivity contribution is -0.121. The van der Waals surface area contributed by atoms with E-state index in [2.05, 4.69) is 0 Å². The second kappa shape index (κ2) is 3.78. The Morgan fingerprint density at radius 2 is 2.33 bits per heavy atom. The molecule has 0 unspecified atom stereocenters. The predicted molar refractivity (Wildman–Crippen MR) is 55.0 cm³/mol. The van der Waals surface area contributed by atoms with Gasteiger partial charge in [-0.15, -0.1) is 0 Å². The van der Waals surface area contributed by atoms with Crippen LogP contribution in [0.3, 0.4) is 0 Å². The second-order valence-electron chi connectivity index (χ2n) is 3.27. The third kappa shape index (κ3) is 1.73. The van der Waals surface area contributed by atoms with Crippen LogP contribution < -0.4 is 15.4 Å². The normalized spacial score (nSPS) is 14.7. The molecule has 5 nitrogen and oxygen atoms in total. The molecule has 0 aromatic heterocycles.